The average Bonchev–Trinajstić information content (AvgIpc) is 3.07. The predicted molar refractivity (Wildman–Crippen MR) is 206 cm³/mol. The Morgan fingerprint density at radius 1 is 0.435 bits per heavy atom. The van der Waals surface area contributed by atoms with E-state index in [1.165, 1.54) is 0 Å². The van der Waals surface area contributed by atoms with Gasteiger partial charge < -0.3 is 0 Å². The van der Waals surface area contributed by atoms with E-state index in [1.807, 2.05) is 54.6 Å². The first-order chi connectivity index (χ1) is 21.7. The van der Waals surface area contributed by atoms with Gasteiger partial charge >= 0.3 is 0 Å². The molecule has 2 fully saturated rings. The van der Waals surface area contributed by atoms with Crippen LogP contribution in [-0.2, 0) is 21.1 Å². The van der Waals surface area contributed by atoms with Gasteiger partial charge in [0.25, 0.3) is 0 Å². The second-order valence-corrected chi connectivity index (χ2v) is 22.8. The van der Waals surface area contributed by atoms with E-state index < -0.39 is 0 Å². The summed E-state index contributed by atoms with van der Waals surface area (Å²) in [5.74, 6) is 0.657. The molecule has 0 spiro atoms. The molecule has 3 aromatic carbocycles. The predicted octanol–water partition coefficient (Wildman–Crippen LogP) is 11.9. The third-order valence-corrected chi connectivity index (χ3v) is 16.7. The molecule has 3 nitrogen and oxygen atoms in total. The molecule has 0 aliphatic heterocycles. The zero-order valence-electron chi connectivity index (χ0n) is 28.4. The topological polar surface area (TPSA) is 13.1 Å². The fourth-order valence-electron chi connectivity index (χ4n) is 7.62. The molecule has 0 radical (unpaired) electrons. The summed E-state index contributed by atoms with van der Waals surface area (Å²) in [5.41, 5.74) is 8.79. The molecule has 7 heteroatoms. The summed E-state index contributed by atoms with van der Waals surface area (Å²) in [6, 6.07) is 23.6. The van der Waals surface area contributed by atoms with Crippen LogP contribution in [0.5, 0.6) is 0 Å². The van der Waals surface area contributed by atoms with Crippen molar-refractivity contribution in [2.75, 3.05) is 40.0 Å². The standard InChI is InChI=1S/C27H21N3.C12H27P3.W/c1-28-25-13-7-4-10-22(25)19-16-20(23-11-5-8-14-26(23)29-2)18-21(17-19)24-12-6-9-15-27(24)30-3;1-13(2)10-7-11(14(3)4)9-12(8-10)15(5)6;/h4-15,19-21H,16-18H2;10-12H,7-9H2,1-6H3;/p+3. The van der Waals surface area contributed by atoms with Crippen molar-refractivity contribution >= 4 is 40.8 Å². The minimum atomic E-state index is -0.0338. The van der Waals surface area contributed by atoms with Crippen LogP contribution in [0.2, 0.25) is 0 Å². The van der Waals surface area contributed by atoms with Crippen LogP contribution in [0, 0.1) is 19.7 Å². The van der Waals surface area contributed by atoms with Gasteiger partial charge in [-0.3, -0.25) is 0 Å². The quantitative estimate of drug-likeness (QED) is 0.173. The van der Waals surface area contributed by atoms with Crippen LogP contribution in [0.1, 0.15) is 73.0 Å². The zero-order chi connectivity index (χ0) is 32.5. The monoisotopic (exact) mass is 838 g/mol. The summed E-state index contributed by atoms with van der Waals surface area (Å²) in [5, 5.41) is 0. The van der Waals surface area contributed by atoms with E-state index >= 15 is 0 Å². The number of para-hydroxylation sites is 3. The van der Waals surface area contributed by atoms with Gasteiger partial charge in [-0.15, -0.1) is 0 Å². The Morgan fingerprint density at radius 2 is 0.674 bits per heavy atom. The van der Waals surface area contributed by atoms with Crippen molar-refractivity contribution in [3.63, 3.8) is 0 Å². The van der Waals surface area contributed by atoms with Crippen molar-refractivity contribution in [1.29, 1.82) is 0 Å². The number of hydrogen-bond acceptors (Lipinski definition) is 0. The van der Waals surface area contributed by atoms with Crippen LogP contribution in [0.25, 0.3) is 14.5 Å². The first-order valence-electron chi connectivity index (χ1n) is 16.5. The zero-order valence-corrected chi connectivity index (χ0v) is 34.3. The van der Waals surface area contributed by atoms with Gasteiger partial charge in [0.15, 0.2) is 17.1 Å². The Bertz CT molecular complexity index is 1350. The van der Waals surface area contributed by atoms with Crippen molar-refractivity contribution in [1.82, 2.24) is 0 Å². The smallest absolute Gasteiger partial charge is 0.190 e. The van der Waals surface area contributed by atoms with E-state index in [9.17, 15) is 0 Å². The van der Waals surface area contributed by atoms with Gasteiger partial charge in [-0.2, -0.15) is 0 Å². The molecule has 5 rings (SSSR count). The molecule has 0 amide bonds. The summed E-state index contributed by atoms with van der Waals surface area (Å²) >= 11 is 0. The van der Waals surface area contributed by atoms with Gasteiger partial charge in [0.2, 0.25) is 0 Å². The number of benzene rings is 3. The molecule has 0 atom stereocenters. The van der Waals surface area contributed by atoms with Crippen molar-refractivity contribution in [3.05, 3.63) is 124 Å². The first-order valence-corrected chi connectivity index (χ1v) is 24.2. The van der Waals surface area contributed by atoms with E-state index in [1.54, 1.807) is 19.3 Å². The molecular formula is C39H51N3P3W+3. The Kier molecular flexibility index (Phi) is 15.6. The molecule has 46 heavy (non-hydrogen) atoms. The summed E-state index contributed by atoms with van der Waals surface area (Å²) < 4.78 is 0. The maximum Gasteiger partial charge on any atom is 0.190 e. The second-order valence-electron chi connectivity index (χ2n) is 13.8. The van der Waals surface area contributed by atoms with Crippen LogP contribution >= 0.6 is 23.8 Å². The molecule has 2 aliphatic carbocycles. The van der Waals surface area contributed by atoms with Gasteiger partial charge in [0.1, 0.15) is 0 Å². The van der Waals surface area contributed by atoms with Crippen LogP contribution in [-0.4, -0.2) is 57.0 Å². The van der Waals surface area contributed by atoms with Gasteiger partial charge in [-0.1, -0.05) is 72.8 Å². The van der Waals surface area contributed by atoms with E-state index in [0.29, 0.717) is 17.1 Å². The minimum absolute atomic E-state index is 0. The normalized spacial score (nSPS) is 24.1. The molecule has 0 aromatic heterocycles. The Morgan fingerprint density at radius 3 is 0.891 bits per heavy atom. The first kappa shape index (κ1) is 38.6. The molecule has 3 aromatic rings. The SMILES string of the molecule is C[PH+](C)C1CC([PH+](C)C)CC([PH+](C)C)C1.[C-]#[N+]c1ccccc1C1CC(c2ccccc2[N+]#[C-])CC(c2ccccc2[N+]#[C-])C1.[W]. The summed E-state index contributed by atoms with van der Waals surface area (Å²) in [6.45, 7) is 38.0. The third kappa shape index (κ3) is 9.82. The maximum atomic E-state index is 7.61. The van der Waals surface area contributed by atoms with E-state index in [2.05, 4.69) is 72.7 Å². The molecule has 240 valence electrons. The second kappa shape index (κ2) is 18.6. The largest absolute Gasteiger partial charge is 0.238 e. The minimum Gasteiger partial charge on any atom is -0.238 e. The number of rotatable bonds is 6. The molecule has 0 bridgehead atoms. The summed E-state index contributed by atoms with van der Waals surface area (Å²) in [7, 11) is -0.101. The molecule has 2 aliphatic rings. The Labute approximate surface area is 297 Å². The van der Waals surface area contributed by atoms with Crippen LogP contribution in [0.15, 0.2) is 72.8 Å². The average molecular weight is 839 g/mol. The van der Waals surface area contributed by atoms with Crippen molar-refractivity contribution < 1.29 is 21.1 Å². The molecule has 0 heterocycles. The van der Waals surface area contributed by atoms with Crippen LogP contribution < -0.4 is 0 Å². The Hall–Kier alpha value is -1.89. The van der Waals surface area contributed by atoms with Crippen molar-refractivity contribution in [2.45, 2.75) is 73.3 Å². The van der Waals surface area contributed by atoms with E-state index in [0.717, 1.165) is 52.9 Å². The van der Waals surface area contributed by atoms with E-state index in [-0.39, 0.29) is 62.6 Å². The molecule has 0 saturated heterocycles. The number of hydrogen-bond donors (Lipinski definition) is 0. The fourth-order valence-corrected chi connectivity index (χ4v) is 12.9. The molecule has 0 N–H and O–H groups in total. The number of nitrogens with zero attached hydrogens (tertiary/aromatic N) is 3. The van der Waals surface area contributed by atoms with Crippen LogP contribution in [0.4, 0.5) is 17.1 Å². The molecule has 2 saturated carbocycles. The van der Waals surface area contributed by atoms with Crippen molar-refractivity contribution in [3.8, 4) is 0 Å². The van der Waals surface area contributed by atoms with Crippen molar-refractivity contribution in [2.24, 2.45) is 0 Å². The summed E-state index contributed by atoms with van der Waals surface area (Å²) in [4.78, 5) is 11.3. The van der Waals surface area contributed by atoms with Gasteiger partial charge in [-0.25, -0.2) is 14.5 Å². The van der Waals surface area contributed by atoms with Gasteiger partial charge in [-0.05, 0) is 77.5 Å². The van der Waals surface area contributed by atoms with Gasteiger partial charge in [0.05, 0.1) is 36.7 Å². The summed E-state index contributed by atoms with van der Waals surface area (Å²) in [6.07, 6.45) is 7.51. The molecular weight excluding hydrogens is 787 g/mol. The molecule has 0 unspecified atom stereocenters. The Balaban J connectivity index is 0.000000306. The third-order valence-electron chi connectivity index (χ3n) is 10.4. The maximum absolute atomic E-state index is 7.61. The van der Waals surface area contributed by atoms with Gasteiger partial charge in [0, 0.05) is 80.3 Å². The fraction of sp³-hybridized carbons (Fsp3) is 0.462. The van der Waals surface area contributed by atoms with Crippen LogP contribution in [0.3, 0.4) is 0 Å². The van der Waals surface area contributed by atoms with E-state index in [4.69, 9.17) is 19.7 Å².